The third-order valence-electron chi connectivity index (χ3n) is 3.22. The maximum Gasteiger partial charge on any atom is 0.119 e. The third kappa shape index (κ3) is 8.18. The molecular formula is C17H28O3. The van der Waals surface area contributed by atoms with E-state index in [9.17, 15) is 0 Å². The molecule has 0 heterocycles. The zero-order chi connectivity index (χ0) is 14.5. The summed E-state index contributed by atoms with van der Waals surface area (Å²) in [4.78, 5) is 0. The van der Waals surface area contributed by atoms with Gasteiger partial charge in [0.1, 0.15) is 12.4 Å². The zero-order valence-electron chi connectivity index (χ0n) is 12.6. The minimum Gasteiger partial charge on any atom is -0.491 e. The standard InChI is InChI=1S/C17H28O3/c1-2-3-4-5-6-7-16-8-10-17(11-9-16)20-15-14-19-13-12-18/h8-11,18H,2-7,12-15H2,1H3. The van der Waals surface area contributed by atoms with Crippen molar-refractivity contribution in [2.75, 3.05) is 26.4 Å². The number of hydrogen-bond donors (Lipinski definition) is 1. The van der Waals surface area contributed by atoms with Gasteiger partial charge in [0.2, 0.25) is 0 Å². The molecule has 114 valence electrons. The molecule has 0 aliphatic heterocycles. The molecule has 3 nitrogen and oxygen atoms in total. The fourth-order valence-corrected chi connectivity index (χ4v) is 2.07. The maximum atomic E-state index is 8.57. The molecule has 0 atom stereocenters. The predicted octanol–water partition coefficient (Wildman–Crippen LogP) is 3.59. The smallest absolute Gasteiger partial charge is 0.119 e. The van der Waals surface area contributed by atoms with Crippen molar-refractivity contribution in [1.29, 1.82) is 0 Å². The van der Waals surface area contributed by atoms with Crippen LogP contribution in [0.4, 0.5) is 0 Å². The van der Waals surface area contributed by atoms with Gasteiger partial charge in [-0.2, -0.15) is 0 Å². The molecule has 1 aromatic rings. The number of aryl methyl sites for hydroxylation is 1. The van der Waals surface area contributed by atoms with Crippen LogP contribution in [0.1, 0.15) is 44.6 Å². The van der Waals surface area contributed by atoms with Gasteiger partial charge in [-0.25, -0.2) is 0 Å². The lowest BCUT2D eigenvalue weighted by Crippen LogP contribution is -2.09. The Morgan fingerprint density at radius 3 is 2.35 bits per heavy atom. The molecule has 0 spiro atoms. The van der Waals surface area contributed by atoms with Gasteiger partial charge in [0.15, 0.2) is 0 Å². The third-order valence-corrected chi connectivity index (χ3v) is 3.22. The Kier molecular flexibility index (Phi) is 9.98. The highest BCUT2D eigenvalue weighted by molar-refractivity contribution is 5.27. The van der Waals surface area contributed by atoms with Crippen LogP contribution in [0.15, 0.2) is 24.3 Å². The van der Waals surface area contributed by atoms with Gasteiger partial charge in [0, 0.05) is 0 Å². The van der Waals surface area contributed by atoms with Gasteiger partial charge in [-0.05, 0) is 30.5 Å². The van der Waals surface area contributed by atoms with E-state index in [1.165, 1.54) is 37.7 Å². The van der Waals surface area contributed by atoms with Gasteiger partial charge in [-0.1, -0.05) is 44.7 Å². The molecule has 0 bridgehead atoms. The summed E-state index contributed by atoms with van der Waals surface area (Å²) in [5, 5.41) is 8.57. The number of benzene rings is 1. The van der Waals surface area contributed by atoms with E-state index in [0.29, 0.717) is 19.8 Å². The van der Waals surface area contributed by atoms with Crippen molar-refractivity contribution in [2.45, 2.75) is 45.4 Å². The molecule has 1 rings (SSSR count). The molecule has 0 amide bonds. The van der Waals surface area contributed by atoms with Crippen molar-refractivity contribution in [3.8, 4) is 5.75 Å². The van der Waals surface area contributed by atoms with E-state index in [1.54, 1.807) is 0 Å². The molecule has 1 aromatic carbocycles. The van der Waals surface area contributed by atoms with Crippen molar-refractivity contribution in [2.24, 2.45) is 0 Å². The SMILES string of the molecule is CCCCCCCc1ccc(OCCOCCO)cc1. The predicted molar refractivity (Wildman–Crippen MR) is 82.3 cm³/mol. The zero-order valence-corrected chi connectivity index (χ0v) is 12.6. The first-order chi connectivity index (χ1) is 9.86. The minimum absolute atomic E-state index is 0.0625. The quantitative estimate of drug-likeness (QED) is 0.595. The van der Waals surface area contributed by atoms with Crippen molar-refractivity contribution in [3.05, 3.63) is 29.8 Å². The number of unbranched alkanes of at least 4 members (excludes halogenated alkanes) is 4. The Morgan fingerprint density at radius 1 is 0.900 bits per heavy atom. The molecule has 0 aromatic heterocycles. The Balaban J connectivity index is 2.13. The second-order valence-corrected chi connectivity index (χ2v) is 4.99. The molecule has 0 saturated carbocycles. The second kappa shape index (κ2) is 11.7. The van der Waals surface area contributed by atoms with Crippen LogP contribution in [-0.4, -0.2) is 31.5 Å². The van der Waals surface area contributed by atoms with E-state index in [4.69, 9.17) is 14.6 Å². The van der Waals surface area contributed by atoms with Crippen LogP contribution >= 0.6 is 0 Å². The lowest BCUT2D eigenvalue weighted by atomic mass is 10.1. The van der Waals surface area contributed by atoms with E-state index in [2.05, 4.69) is 19.1 Å². The Hall–Kier alpha value is -1.06. The average molecular weight is 280 g/mol. The van der Waals surface area contributed by atoms with Gasteiger partial charge >= 0.3 is 0 Å². The summed E-state index contributed by atoms with van der Waals surface area (Å²) in [7, 11) is 0. The molecule has 3 heteroatoms. The minimum atomic E-state index is 0.0625. The van der Waals surface area contributed by atoms with Crippen LogP contribution in [-0.2, 0) is 11.2 Å². The van der Waals surface area contributed by atoms with Gasteiger partial charge in [0.25, 0.3) is 0 Å². The molecular weight excluding hydrogens is 252 g/mol. The number of hydrogen-bond acceptors (Lipinski definition) is 3. The monoisotopic (exact) mass is 280 g/mol. The first kappa shape index (κ1) is 17.0. The normalized spacial score (nSPS) is 10.7. The Labute approximate surface area is 122 Å². The summed E-state index contributed by atoms with van der Waals surface area (Å²) in [5.41, 5.74) is 1.38. The van der Waals surface area contributed by atoms with Gasteiger partial charge in [-0.3, -0.25) is 0 Å². The van der Waals surface area contributed by atoms with Crippen LogP contribution in [0.3, 0.4) is 0 Å². The summed E-state index contributed by atoms with van der Waals surface area (Å²) >= 11 is 0. The number of ether oxygens (including phenoxy) is 2. The van der Waals surface area contributed by atoms with Crippen LogP contribution in [0, 0.1) is 0 Å². The number of aliphatic hydroxyl groups excluding tert-OH is 1. The summed E-state index contributed by atoms with van der Waals surface area (Å²) in [6, 6.07) is 8.33. The van der Waals surface area contributed by atoms with Crippen LogP contribution in [0.25, 0.3) is 0 Å². The van der Waals surface area contributed by atoms with E-state index in [0.717, 1.165) is 12.2 Å². The summed E-state index contributed by atoms with van der Waals surface area (Å²) in [6.07, 6.45) is 7.76. The highest BCUT2D eigenvalue weighted by Gasteiger charge is 1.97. The maximum absolute atomic E-state index is 8.57. The van der Waals surface area contributed by atoms with Gasteiger partial charge in [0.05, 0.1) is 19.8 Å². The molecule has 0 radical (unpaired) electrons. The topological polar surface area (TPSA) is 38.7 Å². The lowest BCUT2D eigenvalue weighted by Gasteiger charge is -2.07. The summed E-state index contributed by atoms with van der Waals surface area (Å²) < 4.78 is 10.7. The fraction of sp³-hybridized carbons (Fsp3) is 0.647. The molecule has 20 heavy (non-hydrogen) atoms. The lowest BCUT2D eigenvalue weighted by molar-refractivity contribution is 0.0705. The van der Waals surface area contributed by atoms with Gasteiger partial charge in [-0.15, -0.1) is 0 Å². The fourth-order valence-electron chi connectivity index (χ4n) is 2.07. The average Bonchev–Trinajstić information content (AvgIpc) is 2.48. The molecule has 0 fully saturated rings. The van der Waals surface area contributed by atoms with E-state index in [-0.39, 0.29) is 6.61 Å². The second-order valence-electron chi connectivity index (χ2n) is 4.99. The van der Waals surface area contributed by atoms with Crippen molar-refractivity contribution >= 4 is 0 Å². The first-order valence-corrected chi connectivity index (χ1v) is 7.77. The molecule has 1 N–H and O–H groups in total. The largest absolute Gasteiger partial charge is 0.491 e. The van der Waals surface area contributed by atoms with E-state index >= 15 is 0 Å². The molecule has 0 unspecified atom stereocenters. The van der Waals surface area contributed by atoms with Gasteiger partial charge < -0.3 is 14.6 Å². The highest BCUT2D eigenvalue weighted by atomic mass is 16.5. The van der Waals surface area contributed by atoms with Crippen LogP contribution in [0.5, 0.6) is 5.75 Å². The summed E-state index contributed by atoms with van der Waals surface area (Å²) in [5.74, 6) is 0.882. The molecule has 0 saturated heterocycles. The van der Waals surface area contributed by atoms with Crippen molar-refractivity contribution in [3.63, 3.8) is 0 Å². The summed E-state index contributed by atoms with van der Waals surface area (Å²) in [6.45, 7) is 3.72. The Morgan fingerprint density at radius 2 is 1.65 bits per heavy atom. The van der Waals surface area contributed by atoms with Crippen LogP contribution < -0.4 is 4.74 Å². The number of rotatable bonds is 12. The van der Waals surface area contributed by atoms with E-state index in [1.807, 2.05) is 12.1 Å². The Bertz CT molecular complexity index is 289. The van der Waals surface area contributed by atoms with E-state index < -0.39 is 0 Å². The van der Waals surface area contributed by atoms with Crippen LogP contribution in [0.2, 0.25) is 0 Å². The highest BCUT2D eigenvalue weighted by Crippen LogP contribution is 2.14. The van der Waals surface area contributed by atoms with Crippen molar-refractivity contribution in [1.82, 2.24) is 0 Å². The molecule has 0 aliphatic rings. The van der Waals surface area contributed by atoms with Crippen molar-refractivity contribution < 1.29 is 14.6 Å². The number of aliphatic hydroxyl groups is 1. The first-order valence-electron chi connectivity index (χ1n) is 7.77. The molecule has 0 aliphatic carbocycles.